The van der Waals surface area contributed by atoms with Crippen LogP contribution in [0.1, 0.15) is 29.8 Å². The van der Waals surface area contributed by atoms with Crippen molar-refractivity contribution in [2.24, 2.45) is 5.10 Å². The van der Waals surface area contributed by atoms with Crippen LogP contribution in [0, 0.1) is 0 Å². The number of nitrogens with one attached hydrogen (secondary N) is 2. The Morgan fingerprint density at radius 1 is 1.15 bits per heavy atom. The van der Waals surface area contributed by atoms with Crippen LogP contribution in [-0.4, -0.2) is 37.8 Å². The molecule has 0 bridgehead atoms. The molecule has 0 aliphatic carbocycles. The molecule has 0 heterocycles. The van der Waals surface area contributed by atoms with Gasteiger partial charge in [-0.25, -0.2) is 5.43 Å². The van der Waals surface area contributed by atoms with Crippen molar-refractivity contribution in [3.63, 3.8) is 0 Å². The topological polar surface area (TPSA) is 89.0 Å². The summed E-state index contributed by atoms with van der Waals surface area (Å²) in [5.74, 6) is 0.329. The van der Waals surface area contributed by atoms with Crippen molar-refractivity contribution in [3.05, 3.63) is 59.7 Å². The number of para-hydroxylation sites is 1. The SMILES string of the molecule is COc1ccccc1C(=O)NCC(=O)NN=Cc1cccc(OC(C)C)c1. The van der Waals surface area contributed by atoms with Crippen LogP contribution in [0.2, 0.25) is 0 Å². The van der Waals surface area contributed by atoms with Crippen LogP contribution in [0.15, 0.2) is 53.6 Å². The summed E-state index contributed by atoms with van der Waals surface area (Å²) in [6.45, 7) is 3.69. The number of nitrogens with zero attached hydrogens (tertiary/aromatic N) is 1. The fourth-order valence-electron chi connectivity index (χ4n) is 2.25. The Kier molecular flexibility index (Phi) is 7.37. The molecule has 0 spiro atoms. The molecular weight excluding hydrogens is 346 g/mol. The molecule has 0 aliphatic heterocycles. The molecule has 0 aromatic heterocycles. The van der Waals surface area contributed by atoms with Crippen molar-refractivity contribution in [2.75, 3.05) is 13.7 Å². The van der Waals surface area contributed by atoms with Gasteiger partial charge in [0.2, 0.25) is 0 Å². The van der Waals surface area contributed by atoms with Crippen LogP contribution < -0.4 is 20.2 Å². The van der Waals surface area contributed by atoms with E-state index in [4.69, 9.17) is 9.47 Å². The first kappa shape index (κ1) is 20.0. The fourth-order valence-corrected chi connectivity index (χ4v) is 2.25. The summed E-state index contributed by atoms with van der Waals surface area (Å²) in [5.41, 5.74) is 3.51. The third kappa shape index (κ3) is 6.47. The minimum absolute atomic E-state index is 0.0729. The highest BCUT2D eigenvalue weighted by Gasteiger charge is 2.12. The summed E-state index contributed by atoms with van der Waals surface area (Å²) in [5, 5.41) is 6.42. The number of carbonyl (C=O) groups is 2. The van der Waals surface area contributed by atoms with Crippen molar-refractivity contribution in [1.82, 2.24) is 10.7 Å². The monoisotopic (exact) mass is 369 g/mol. The summed E-state index contributed by atoms with van der Waals surface area (Å²) in [6, 6.07) is 14.1. The van der Waals surface area contributed by atoms with Gasteiger partial charge in [0.1, 0.15) is 11.5 Å². The molecular formula is C20H23N3O4. The number of hydrogen-bond donors (Lipinski definition) is 2. The lowest BCUT2D eigenvalue weighted by Crippen LogP contribution is -2.35. The van der Waals surface area contributed by atoms with Crippen LogP contribution in [0.3, 0.4) is 0 Å². The summed E-state index contributed by atoms with van der Waals surface area (Å²) < 4.78 is 10.7. The first-order valence-corrected chi connectivity index (χ1v) is 8.49. The lowest BCUT2D eigenvalue weighted by Gasteiger charge is -2.09. The van der Waals surface area contributed by atoms with E-state index in [1.807, 2.05) is 38.1 Å². The fraction of sp³-hybridized carbons (Fsp3) is 0.250. The summed E-state index contributed by atoms with van der Waals surface area (Å²) in [4.78, 5) is 24.0. The predicted molar refractivity (Wildman–Crippen MR) is 103 cm³/mol. The molecule has 0 radical (unpaired) electrons. The Morgan fingerprint density at radius 3 is 2.67 bits per heavy atom. The summed E-state index contributed by atoms with van der Waals surface area (Å²) >= 11 is 0. The van der Waals surface area contributed by atoms with Gasteiger partial charge in [0, 0.05) is 0 Å². The molecule has 2 aromatic carbocycles. The van der Waals surface area contributed by atoms with E-state index in [0.717, 1.165) is 11.3 Å². The highest BCUT2D eigenvalue weighted by Crippen LogP contribution is 2.16. The second-order valence-corrected chi connectivity index (χ2v) is 5.92. The number of benzene rings is 2. The molecule has 0 saturated heterocycles. The number of carbonyl (C=O) groups excluding carboxylic acids is 2. The van der Waals surface area contributed by atoms with Crippen molar-refractivity contribution in [3.8, 4) is 11.5 Å². The van der Waals surface area contributed by atoms with Gasteiger partial charge in [-0.05, 0) is 43.7 Å². The Labute approximate surface area is 158 Å². The first-order chi connectivity index (χ1) is 13.0. The molecule has 2 N–H and O–H groups in total. The van der Waals surface area contributed by atoms with E-state index in [1.165, 1.54) is 13.3 Å². The zero-order valence-electron chi connectivity index (χ0n) is 15.6. The third-order valence-electron chi connectivity index (χ3n) is 3.39. The van der Waals surface area contributed by atoms with E-state index in [2.05, 4.69) is 15.8 Å². The van der Waals surface area contributed by atoms with Crippen LogP contribution in [-0.2, 0) is 4.79 Å². The van der Waals surface area contributed by atoms with Gasteiger partial charge in [-0.3, -0.25) is 9.59 Å². The van der Waals surface area contributed by atoms with Gasteiger partial charge in [-0.15, -0.1) is 0 Å². The molecule has 142 valence electrons. The quantitative estimate of drug-likeness (QED) is 0.552. The van der Waals surface area contributed by atoms with E-state index in [0.29, 0.717) is 11.3 Å². The van der Waals surface area contributed by atoms with E-state index in [-0.39, 0.29) is 12.6 Å². The zero-order valence-corrected chi connectivity index (χ0v) is 15.6. The van der Waals surface area contributed by atoms with Crippen LogP contribution >= 0.6 is 0 Å². The highest BCUT2D eigenvalue weighted by molar-refractivity contribution is 5.98. The third-order valence-corrected chi connectivity index (χ3v) is 3.39. The zero-order chi connectivity index (χ0) is 19.6. The number of ether oxygens (including phenoxy) is 2. The van der Waals surface area contributed by atoms with Crippen molar-refractivity contribution < 1.29 is 19.1 Å². The van der Waals surface area contributed by atoms with Crippen molar-refractivity contribution in [1.29, 1.82) is 0 Å². The average Bonchev–Trinajstić information content (AvgIpc) is 2.66. The summed E-state index contributed by atoms with van der Waals surface area (Å²) in [7, 11) is 1.48. The molecule has 27 heavy (non-hydrogen) atoms. The molecule has 0 saturated carbocycles. The van der Waals surface area contributed by atoms with E-state index in [9.17, 15) is 9.59 Å². The predicted octanol–water partition coefficient (Wildman–Crippen LogP) is 2.36. The second-order valence-electron chi connectivity index (χ2n) is 5.92. The first-order valence-electron chi connectivity index (χ1n) is 8.49. The Morgan fingerprint density at radius 2 is 1.93 bits per heavy atom. The van der Waals surface area contributed by atoms with Gasteiger partial charge in [-0.1, -0.05) is 24.3 Å². The van der Waals surface area contributed by atoms with E-state index < -0.39 is 11.8 Å². The van der Waals surface area contributed by atoms with Crippen LogP contribution in [0.25, 0.3) is 0 Å². The minimum Gasteiger partial charge on any atom is -0.496 e. The lowest BCUT2D eigenvalue weighted by atomic mass is 10.2. The van der Waals surface area contributed by atoms with Gasteiger partial charge >= 0.3 is 0 Å². The second kappa shape index (κ2) is 9.96. The standard InChI is InChI=1S/C20H23N3O4/c1-14(2)27-16-8-6-7-15(11-16)12-22-23-19(24)13-21-20(25)17-9-4-5-10-18(17)26-3/h4-12,14H,13H2,1-3H3,(H,21,25)(H,23,24). The number of hydrazone groups is 1. The maximum atomic E-state index is 12.1. The van der Waals surface area contributed by atoms with E-state index in [1.54, 1.807) is 24.3 Å². The Hall–Kier alpha value is -3.35. The Balaban J connectivity index is 1.84. The molecule has 2 aromatic rings. The summed E-state index contributed by atoms with van der Waals surface area (Å²) in [6.07, 6.45) is 1.58. The van der Waals surface area contributed by atoms with Gasteiger partial charge < -0.3 is 14.8 Å². The highest BCUT2D eigenvalue weighted by atomic mass is 16.5. The van der Waals surface area contributed by atoms with Crippen LogP contribution in [0.5, 0.6) is 11.5 Å². The maximum Gasteiger partial charge on any atom is 0.259 e. The van der Waals surface area contributed by atoms with Gasteiger partial charge in [0.05, 0.1) is 31.5 Å². The van der Waals surface area contributed by atoms with Gasteiger partial charge in [0.15, 0.2) is 0 Å². The molecule has 2 rings (SSSR count). The maximum absolute atomic E-state index is 12.1. The number of hydrogen-bond acceptors (Lipinski definition) is 5. The number of methoxy groups -OCH3 is 1. The molecule has 7 nitrogen and oxygen atoms in total. The van der Waals surface area contributed by atoms with E-state index >= 15 is 0 Å². The molecule has 0 unspecified atom stereocenters. The van der Waals surface area contributed by atoms with Gasteiger partial charge in [-0.2, -0.15) is 5.10 Å². The average molecular weight is 369 g/mol. The minimum atomic E-state index is -0.441. The van der Waals surface area contributed by atoms with Crippen molar-refractivity contribution in [2.45, 2.75) is 20.0 Å². The molecule has 7 heteroatoms. The lowest BCUT2D eigenvalue weighted by molar-refractivity contribution is -0.120. The molecule has 0 aliphatic rings. The largest absolute Gasteiger partial charge is 0.496 e. The smallest absolute Gasteiger partial charge is 0.259 e. The molecule has 2 amide bonds. The molecule has 0 atom stereocenters. The molecule has 0 fully saturated rings. The van der Waals surface area contributed by atoms with Crippen LogP contribution in [0.4, 0.5) is 0 Å². The van der Waals surface area contributed by atoms with Crippen molar-refractivity contribution >= 4 is 18.0 Å². The number of amides is 2. The number of rotatable bonds is 8. The normalized spacial score (nSPS) is 10.7. The van der Waals surface area contributed by atoms with Gasteiger partial charge in [0.25, 0.3) is 11.8 Å². The Bertz CT molecular complexity index is 818.